The molecule has 1 amide bonds. The molecule has 1 aliphatic rings. The second kappa shape index (κ2) is 7.87. The number of morpholine rings is 1. The highest BCUT2D eigenvalue weighted by atomic mass is 16.6. The smallest absolute Gasteiger partial charge is 0.410 e. The molecule has 1 N–H and O–H groups in total. The van der Waals surface area contributed by atoms with Crippen LogP contribution in [-0.2, 0) is 4.74 Å². The maximum absolute atomic E-state index is 11.6. The number of benzene rings is 1. The van der Waals surface area contributed by atoms with Gasteiger partial charge in [0.15, 0.2) is 0 Å². The highest BCUT2D eigenvalue weighted by molar-refractivity contribution is 5.70. The monoisotopic (exact) mass is 278 g/mol. The van der Waals surface area contributed by atoms with Gasteiger partial charge in [0.05, 0.1) is 13.2 Å². The van der Waals surface area contributed by atoms with E-state index >= 15 is 0 Å². The quantitative estimate of drug-likeness (QED) is 0.891. The summed E-state index contributed by atoms with van der Waals surface area (Å²) < 4.78 is 10.5. The Bertz CT molecular complexity index is 405. The lowest BCUT2D eigenvalue weighted by molar-refractivity contribution is 0.0318. The van der Waals surface area contributed by atoms with E-state index in [1.807, 2.05) is 18.2 Å². The van der Waals surface area contributed by atoms with Gasteiger partial charge in [-0.25, -0.2) is 4.79 Å². The van der Waals surface area contributed by atoms with Crippen molar-refractivity contribution in [3.05, 3.63) is 30.3 Å². The summed E-state index contributed by atoms with van der Waals surface area (Å²) in [7, 11) is 0. The van der Waals surface area contributed by atoms with Crippen LogP contribution >= 0.6 is 0 Å². The summed E-state index contributed by atoms with van der Waals surface area (Å²) in [5, 5.41) is 2.80. The van der Waals surface area contributed by atoms with Gasteiger partial charge in [0.25, 0.3) is 0 Å². The molecule has 1 aromatic rings. The van der Waals surface area contributed by atoms with E-state index in [0.717, 1.165) is 32.8 Å². The van der Waals surface area contributed by atoms with Crippen molar-refractivity contribution in [2.24, 2.45) is 5.92 Å². The van der Waals surface area contributed by atoms with Crippen molar-refractivity contribution in [2.75, 3.05) is 39.4 Å². The Labute approximate surface area is 119 Å². The van der Waals surface area contributed by atoms with E-state index < -0.39 is 6.09 Å². The van der Waals surface area contributed by atoms with E-state index in [-0.39, 0.29) is 0 Å². The molecule has 1 unspecified atom stereocenters. The predicted octanol–water partition coefficient (Wildman–Crippen LogP) is 1.74. The fourth-order valence-electron chi connectivity index (χ4n) is 2.18. The van der Waals surface area contributed by atoms with Crippen LogP contribution in [0.3, 0.4) is 0 Å². The van der Waals surface area contributed by atoms with Gasteiger partial charge in [-0.1, -0.05) is 25.1 Å². The van der Waals surface area contributed by atoms with Crippen LogP contribution in [0.4, 0.5) is 4.79 Å². The van der Waals surface area contributed by atoms with Crippen molar-refractivity contribution in [2.45, 2.75) is 6.92 Å². The first kappa shape index (κ1) is 14.8. The molecule has 110 valence electrons. The normalized spacial score (nSPS) is 17.4. The third kappa shape index (κ3) is 5.19. The standard InChI is InChI=1S/C15H22N2O3/c1-13(12-17-7-9-19-10-8-17)11-16-15(18)20-14-5-3-2-4-6-14/h2-6,13H,7-12H2,1H3,(H,16,18). The summed E-state index contributed by atoms with van der Waals surface area (Å²) in [5.41, 5.74) is 0. The Kier molecular flexibility index (Phi) is 5.83. The molecule has 0 aliphatic carbocycles. The first-order chi connectivity index (χ1) is 9.74. The van der Waals surface area contributed by atoms with Gasteiger partial charge in [-0.05, 0) is 18.1 Å². The number of amides is 1. The molecule has 20 heavy (non-hydrogen) atoms. The van der Waals surface area contributed by atoms with Crippen molar-refractivity contribution in [3.63, 3.8) is 0 Å². The molecule has 1 heterocycles. The van der Waals surface area contributed by atoms with Crippen LogP contribution in [-0.4, -0.2) is 50.4 Å². The topological polar surface area (TPSA) is 50.8 Å². The van der Waals surface area contributed by atoms with Crippen molar-refractivity contribution >= 4 is 6.09 Å². The Hall–Kier alpha value is -1.59. The first-order valence-electron chi connectivity index (χ1n) is 7.05. The SMILES string of the molecule is CC(CNC(=O)Oc1ccccc1)CN1CCOCC1. The van der Waals surface area contributed by atoms with Crippen LogP contribution < -0.4 is 10.1 Å². The summed E-state index contributed by atoms with van der Waals surface area (Å²) in [6, 6.07) is 9.08. The number of carbonyl (C=O) groups is 1. The van der Waals surface area contributed by atoms with E-state index in [0.29, 0.717) is 18.2 Å². The predicted molar refractivity (Wildman–Crippen MR) is 76.9 cm³/mol. The van der Waals surface area contributed by atoms with E-state index in [4.69, 9.17) is 9.47 Å². The number of nitrogens with zero attached hydrogens (tertiary/aromatic N) is 1. The average molecular weight is 278 g/mol. The summed E-state index contributed by atoms with van der Waals surface area (Å²) >= 11 is 0. The minimum absolute atomic E-state index is 0.386. The van der Waals surface area contributed by atoms with Gasteiger partial charge < -0.3 is 14.8 Å². The Morgan fingerprint density at radius 2 is 2.05 bits per heavy atom. The number of hydrogen-bond donors (Lipinski definition) is 1. The van der Waals surface area contributed by atoms with Crippen LogP contribution in [0.15, 0.2) is 30.3 Å². The van der Waals surface area contributed by atoms with E-state index in [1.165, 1.54) is 0 Å². The van der Waals surface area contributed by atoms with Gasteiger partial charge in [-0.15, -0.1) is 0 Å². The average Bonchev–Trinajstić information content (AvgIpc) is 2.47. The number of nitrogens with one attached hydrogen (secondary N) is 1. The molecule has 0 radical (unpaired) electrons. The van der Waals surface area contributed by atoms with E-state index in [2.05, 4.69) is 17.1 Å². The summed E-state index contributed by atoms with van der Waals surface area (Å²) in [4.78, 5) is 14.0. The molecule has 0 aromatic heterocycles. The Morgan fingerprint density at radius 3 is 2.75 bits per heavy atom. The second-order valence-corrected chi connectivity index (χ2v) is 5.10. The van der Waals surface area contributed by atoms with Gasteiger partial charge in [-0.2, -0.15) is 0 Å². The molecule has 5 heteroatoms. The summed E-state index contributed by atoms with van der Waals surface area (Å²) in [5.74, 6) is 0.947. The number of para-hydroxylation sites is 1. The van der Waals surface area contributed by atoms with Crippen LogP contribution in [0, 0.1) is 5.92 Å². The molecule has 1 atom stereocenters. The lowest BCUT2D eigenvalue weighted by Gasteiger charge is -2.29. The highest BCUT2D eigenvalue weighted by Crippen LogP contribution is 2.08. The molecule has 1 fully saturated rings. The summed E-state index contributed by atoms with van der Waals surface area (Å²) in [6.45, 7) is 7.25. The van der Waals surface area contributed by atoms with Crippen molar-refractivity contribution < 1.29 is 14.3 Å². The van der Waals surface area contributed by atoms with Crippen LogP contribution in [0.2, 0.25) is 0 Å². The molecule has 2 rings (SSSR count). The fraction of sp³-hybridized carbons (Fsp3) is 0.533. The van der Waals surface area contributed by atoms with Gasteiger partial charge in [-0.3, -0.25) is 4.90 Å². The maximum atomic E-state index is 11.6. The Balaban J connectivity index is 1.64. The Morgan fingerprint density at radius 1 is 1.35 bits per heavy atom. The minimum Gasteiger partial charge on any atom is -0.410 e. The largest absolute Gasteiger partial charge is 0.412 e. The molecule has 1 aliphatic heterocycles. The minimum atomic E-state index is -0.398. The van der Waals surface area contributed by atoms with E-state index in [1.54, 1.807) is 12.1 Å². The molecule has 0 bridgehead atoms. The molecule has 1 aromatic carbocycles. The summed E-state index contributed by atoms with van der Waals surface area (Å²) in [6.07, 6.45) is -0.398. The molecule has 0 spiro atoms. The van der Waals surface area contributed by atoms with Crippen molar-refractivity contribution in [3.8, 4) is 5.75 Å². The molecular formula is C15H22N2O3. The number of ether oxygens (including phenoxy) is 2. The van der Waals surface area contributed by atoms with Gasteiger partial charge in [0.2, 0.25) is 0 Å². The molecular weight excluding hydrogens is 256 g/mol. The molecule has 0 saturated carbocycles. The number of rotatable bonds is 5. The second-order valence-electron chi connectivity index (χ2n) is 5.10. The lowest BCUT2D eigenvalue weighted by atomic mass is 10.1. The fourth-order valence-corrected chi connectivity index (χ4v) is 2.18. The molecule has 5 nitrogen and oxygen atoms in total. The van der Waals surface area contributed by atoms with Crippen molar-refractivity contribution in [1.82, 2.24) is 10.2 Å². The van der Waals surface area contributed by atoms with Crippen molar-refractivity contribution in [1.29, 1.82) is 0 Å². The lowest BCUT2D eigenvalue weighted by Crippen LogP contribution is -2.41. The zero-order valence-corrected chi connectivity index (χ0v) is 11.9. The van der Waals surface area contributed by atoms with E-state index in [9.17, 15) is 4.79 Å². The zero-order chi connectivity index (χ0) is 14.2. The third-order valence-corrected chi connectivity index (χ3v) is 3.22. The zero-order valence-electron chi connectivity index (χ0n) is 11.9. The molecule has 1 saturated heterocycles. The van der Waals surface area contributed by atoms with Crippen LogP contribution in [0.5, 0.6) is 5.75 Å². The first-order valence-corrected chi connectivity index (χ1v) is 7.05. The highest BCUT2D eigenvalue weighted by Gasteiger charge is 2.14. The number of hydrogen-bond acceptors (Lipinski definition) is 4. The third-order valence-electron chi connectivity index (χ3n) is 3.22. The van der Waals surface area contributed by atoms with Crippen LogP contribution in [0.1, 0.15) is 6.92 Å². The van der Waals surface area contributed by atoms with Gasteiger partial charge in [0, 0.05) is 26.2 Å². The van der Waals surface area contributed by atoms with Gasteiger partial charge >= 0.3 is 6.09 Å². The van der Waals surface area contributed by atoms with Gasteiger partial charge in [0.1, 0.15) is 5.75 Å². The van der Waals surface area contributed by atoms with Crippen LogP contribution in [0.25, 0.3) is 0 Å². The number of carbonyl (C=O) groups excluding carboxylic acids is 1. The maximum Gasteiger partial charge on any atom is 0.412 e.